The van der Waals surface area contributed by atoms with Crippen molar-refractivity contribution in [3.05, 3.63) is 46.8 Å². The number of carbonyl (C=O) groups excluding carboxylic acids is 1. The SMILES string of the molecule is Cc1cc(CN2CCN(C(=O)c3cc(S(=O)(=O)N4CCCCC4)ccc3C)CC2)on1. The third-order valence-corrected chi connectivity index (χ3v) is 8.00. The van der Waals surface area contributed by atoms with E-state index in [1.165, 1.54) is 0 Å². The van der Waals surface area contributed by atoms with Crippen molar-refractivity contribution in [1.82, 2.24) is 19.3 Å². The van der Waals surface area contributed by atoms with Gasteiger partial charge in [0.25, 0.3) is 5.91 Å². The van der Waals surface area contributed by atoms with Crippen LogP contribution >= 0.6 is 0 Å². The molecule has 0 spiro atoms. The van der Waals surface area contributed by atoms with Crippen LogP contribution in [-0.2, 0) is 16.6 Å². The number of amides is 1. The Hall–Kier alpha value is -2.23. The Labute approximate surface area is 183 Å². The van der Waals surface area contributed by atoms with E-state index in [4.69, 9.17) is 4.52 Å². The minimum Gasteiger partial charge on any atom is -0.360 e. The molecule has 0 saturated carbocycles. The lowest BCUT2D eigenvalue weighted by Crippen LogP contribution is -2.48. The first-order chi connectivity index (χ1) is 14.8. The molecule has 2 fully saturated rings. The van der Waals surface area contributed by atoms with Gasteiger partial charge in [-0.1, -0.05) is 17.6 Å². The molecule has 3 heterocycles. The lowest BCUT2D eigenvalue weighted by atomic mass is 10.1. The smallest absolute Gasteiger partial charge is 0.254 e. The van der Waals surface area contributed by atoms with E-state index in [0.29, 0.717) is 38.3 Å². The quantitative estimate of drug-likeness (QED) is 0.701. The van der Waals surface area contributed by atoms with Crippen LogP contribution in [0, 0.1) is 13.8 Å². The highest BCUT2D eigenvalue weighted by atomic mass is 32.2. The third-order valence-electron chi connectivity index (χ3n) is 6.11. The van der Waals surface area contributed by atoms with Crippen LogP contribution in [0.2, 0.25) is 0 Å². The summed E-state index contributed by atoms with van der Waals surface area (Å²) in [5.74, 6) is 0.715. The molecule has 4 rings (SSSR count). The monoisotopic (exact) mass is 446 g/mol. The van der Waals surface area contributed by atoms with Gasteiger partial charge in [0.15, 0.2) is 5.76 Å². The van der Waals surface area contributed by atoms with Gasteiger partial charge in [-0.05, 0) is 44.4 Å². The highest BCUT2D eigenvalue weighted by molar-refractivity contribution is 7.89. The van der Waals surface area contributed by atoms with Gasteiger partial charge in [0, 0.05) is 50.9 Å². The van der Waals surface area contributed by atoms with Crippen LogP contribution in [0.5, 0.6) is 0 Å². The van der Waals surface area contributed by atoms with E-state index in [1.54, 1.807) is 22.5 Å². The molecule has 0 unspecified atom stereocenters. The second kappa shape index (κ2) is 9.10. The zero-order chi connectivity index (χ0) is 22.0. The number of piperazine rings is 1. The van der Waals surface area contributed by atoms with Crippen molar-refractivity contribution in [1.29, 1.82) is 0 Å². The predicted octanol–water partition coefficient (Wildman–Crippen LogP) is 2.42. The standard InChI is InChI=1S/C22H30N4O4S/c1-17-6-7-20(31(28,29)26-8-4-3-5-9-26)15-21(17)22(27)25-12-10-24(11-13-25)16-19-14-18(2)23-30-19/h6-7,14-15H,3-5,8-13,16H2,1-2H3. The summed E-state index contributed by atoms with van der Waals surface area (Å²) in [5, 5.41) is 3.92. The zero-order valence-electron chi connectivity index (χ0n) is 18.2. The van der Waals surface area contributed by atoms with E-state index in [1.807, 2.05) is 24.8 Å². The first-order valence-corrected chi connectivity index (χ1v) is 12.3. The van der Waals surface area contributed by atoms with Crippen molar-refractivity contribution < 1.29 is 17.7 Å². The fourth-order valence-corrected chi connectivity index (χ4v) is 5.78. The van der Waals surface area contributed by atoms with Crippen LogP contribution in [0.4, 0.5) is 0 Å². The van der Waals surface area contributed by atoms with E-state index in [2.05, 4.69) is 10.1 Å². The van der Waals surface area contributed by atoms with Gasteiger partial charge in [-0.25, -0.2) is 8.42 Å². The number of rotatable bonds is 5. The molecule has 0 aliphatic carbocycles. The van der Waals surface area contributed by atoms with E-state index >= 15 is 0 Å². The normalized spacial score (nSPS) is 19.0. The molecule has 0 N–H and O–H groups in total. The first kappa shape index (κ1) is 22.0. The van der Waals surface area contributed by atoms with Gasteiger partial charge in [0.2, 0.25) is 10.0 Å². The molecule has 2 saturated heterocycles. The molecule has 31 heavy (non-hydrogen) atoms. The van der Waals surface area contributed by atoms with Crippen molar-refractivity contribution in [2.24, 2.45) is 0 Å². The van der Waals surface area contributed by atoms with Crippen LogP contribution in [0.15, 0.2) is 33.7 Å². The van der Waals surface area contributed by atoms with E-state index < -0.39 is 10.0 Å². The molecule has 9 heteroatoms. The van der Waals surface area contributed by atoms with Crippen molar-refractivity contribution in [3.63, 3.8) is 0 Å². The fourth-order valence-electron chi connectivity index (χ4n) is 4.24. The molecule has 2 aliphatic heterocycles. The number of carbonyl (C=O) groups is 1. The number of piperidine rings is 1. The maximum absolute atomic E-state index is 13.2. The summed E-state index contributed by atoms with van der Waals surface area (Å²) in [6, 6.07) is 6.85. The molecular formula is C22H30N4O4S. The maximum atomic E-state index is 13.2. The van der Waals surface area contributed by atoms with Crippen molar-refractivity contribution in [2.75, 3.05) is 39.3 Å². The fraction of sp³-hybridized carbons (Fsp3) is 0.545. The Balaban J connectivity index is 1.44. The molecule has 1 amide bonds. The molecule has 1 aromatic carbocycles. The number of nitrogens with zero attached hydrogens (tertiary/aromatic N) is 4. The minimum atomic E-state index is -3.57. The molecule has 8 nitrogen and oxygen atoms in total. The second-order valence-corrected chi connectivity index (χ2v) is 10.4. The Bertz CT molecular complexity index is 1040. The van der Waals surface area contributed by atoms with Crippen molar-refractivity contribution in [2.45, 2.75) is 44.6 Å². The van der Waals surface area contributed by atoms with E-state index in [0.717, 1.165) is 49.4 Å². The molecule has 2 aromatic rings. The number of aromatic nitrogens is 1. The molecular weight excluding hydrogens is 416 g/mol. The largest absolute Gasteiger partial charge is 0.360 e. The average Bonchev–Trinajstić information content (AvgIpc) is 3.19. The van der Waals surface area contributed by atoms with Crippen LogP contribution in [0.3, 0.4) is 0 Å². The number of sulfonamides is 1. The Morgan fingerprint density at radius 1 is 1.00 bits per heavy atom. The highest BCUT2D eigenvalue weighted by Crippen LogP contribution is 2.24. The van der Waals surface area contributed by atoms with Crippen LogP contribution in [-0.4, -0.2) is 72.9 Å². The van der Waals surface area contributed by atoms with Gasteiger partial charge < -0.3 is 9.42 Å². The van der Waals surface area contributed by atoms with Gasteiger partial charge in [0.05, 0.1) is 17.1 Å². The van der Waals surface area contributed by atoms with Crippen LogP contribution < -0.4 is 0 Å². The Morgan fingerprint density at radius 3 is 2.35 bits per heavy atom. The third kappa shape index (κ3) is 4.83. The summed E-state index contributed by atoms with van der Waals surface area (Å²) >= 11 is 0. The van der Waals surface area contributed by atoms with Crippen LogP contribution in [0.25, 0.3) is 0 Å². The summed E-state index contributed by atoms with van der Waals surface area (Å²) in [6.45, 7) is 8.16. The maximum Gasteiger partial charge on any atom is 0.254 e. The van der Waals surface area contributed by atoms with Gasteiger partial charge >= 0.3 is 0 Å². The molecule has 168 valence electrons. The molecule has 0 atom stereocenters. The summed E-state index contributed by atoms with van der Waals surface area (Å²) in [4.78, 5) is 17.5. The van der Waals surface area contributed by atoms with Gasteiger partial charge in [-0.2, -0.15) is 4.31 Å². The van der Waals surface area contributed by atoms with E-state index in [-0.39, 0.29) is 10.8 Å². The number of hydrogen-bond acceptors (Lipinski definition) is 6. The van der Waals surface area contributed by atoms with Gasteiger partial charge in [-0.15, -0.1) is 0 Å². The number of aryl methyl sites for hydroxylation is 2. The lowest BCUT2D eigenvalue weighted by Gasteiger charge is -2.34. The van der Waals surface area contributed by atoms with Gasteiger partial charge in [0.1, 0.15) is 0 Å². The summed E-state index contributed by atoms with van der Waals surface area (Å²) in [7, 11) is -3.57. The molecule has 0 bridgehead atoms. The van der Waals surface area contributed by atoms with Crippen LogP contribution in [0.1, 0.15) is 46.6 Å². The molecule has 2 aliphatic rings. The Kier molecular flexibility index (Phi) is 6.45. The summed E-state index contributed by atoms with van der Waals surface area (Å²) in [6.07, 6.45) is 2.83. The van der Waals surface area contributed by atoms with Crippen molar-refractivity contribution in [3.8, 4) is 0 Å². The topological polar surface area (TPSA) is 87.0 Å². The second-order valence-electron chi connectivity index (χ2n) is 8.44. The number of hydrogen-bond donors (Lipinski definition) is 0. The highest BCUT2D eigenvalue weighted by Gasteiger charge is 2.29. The first-order valence-electron chi connectivity index (χ1n) is 10.9. The van der Waals surface area contributed by atoms with Gasteiger partial charge in [-0.3, -0.25) is 9.69 Å². The average molecular weight is 447 g/mol. The molecule has 1 aromatic heterocycles. The summed E-state index contributed by atoms with van der Waals surface area (Å²) < 4.78 is 32.9. The number of benzene rings is 1. The zero-order valence-corrected chi connectivity index (χ0v) is 19.0. The predicted molar refractivity (Wildman–Crippen MR) is 116 cm³/mol. The van der Waals surface area contributed by atoms with Crippen molar-refractivity contribution >= 4 is 15.9 Å². The minimum absolute atomic E-state index is 0.108. The molecule has 0 radical (unpaired) electrons. The summed E-state index contributed by atoms with van der Waals surface area (Å²) in [5.41, 5.74) is 2.12. The van der Waals surface area contributed by atoms with E-state index in [9.17, 15) is 13.2 Å². The lowest BCUT2D eigenvalue weighted by molar-refractivity contribution is 0.0616. The Morgan fingerprint density at radius 2 is 1.71 bits per heavy atom.